The van der Waals surface area contributed by atoms with Crippen LogP contribution in [0.1, 0.15) is 17.5 Å². The maximum Gasteiger partial charge on any atom is 0.306 e. The minimum absolute atomic E-state index is 0.254. The number of nitrogens with one attached hydrogen (secondary N) is 1. The molecule has 2 aromatic rings. The van der Waals surface area contributed by atoms with Crippen molar-refractivity contribution in [2.45, 2.75) is 19.4 Å². The summed E-state index contributed by atoms with van der Waals surface area (Å²) in [6.07, 6.45) is 0.853. The summed E-state index contributed by atoms with van der Waals surface area (Å²) in [5.41, 5.74) is 1.93. The molecule has 0 aliphatic rings. The highest BCUT2D eigenvalue weighted by atomic mass is 16.5. The molecule has 1 amide bonds. The number of aryl methyl sites for hydroxylation is 1. The first-order chi connectivity index (χ1) is 11.7. The molecule has 0 aromatic heterocycles. The number of hydrogen-bond donors (Lipinski definition) is 1. The van der Waals surface area contributed by atoms with Gasteiger partial charge in [0.2, 0.25) is 0 Å². The quantitative estimate of drug-likeness (QED) is 0.757. The van der Waals surface area contributed by atoms with Gasteiger partial charge < -0.3 is 14.8 Å². The van der Waals surface area contributed by atoms with E-state index in [-0.39, 0.29) is 24.9 Å². The Balaban J connectivity index is 1.68. The van der Waals surface area contributed by atoms with E-state index in [1.807, 2.05) is 54.6 Å². The average molecular weight is 327 g/mol. The second-order valence-corrected chi connectivity index (χ2v) is 5.23. The molecular formula is C19H21NO4. The molecule has 5 nitrogen and oxygen atoms in total. The molecule has 126 valence electrons. The van der Waals surface area contributed by atoms with E-state index in [9.17, 15) is 9.59 Å². The highest BCUT2D eigenvalue weighted by Crippen LogP contribution is 2.16. The number of rotatable bonds is 8. The third kappa shape index (κ3) is 5.76. The summed E-state index contributed by atoms with van der Waals surface area (Å²) in [7, 11) is 1.58. The summed E-state index contributed by atoms with van der Waals surface area (Å²) in [4.78, 5) is 23.4. The molecule has 0 unspecified atom stereocenters. The van der Waals surface area contributed by atoms with E-state index in [0.717, 1.165) is 11.1 Å². The van der Waals surface area contributed by atoms with Gasteiger partial charge in [0.1, 0.15) is 5.75 Å². The molecule has 1 N–H and O–H groups in total. The maximum absolute atomic E-state index is 11.8. The van der Waals surface area contributed by atoms with Crippen LogP contribution in [0.3, 0.4) is 0 Å². The van der Waals surface area contributed by atoms with E-state index in [2.05, 4.69) is 5.32 Å². The van der Waals surface area contributed by atoms with Gasteiger partial charge in [-0.05, 0) is 18.1 Å². The zero-order valence-electron chi connectivity index (χ0n) is 13.7. The summed E-state index contributed by atoms with van der Waals surface area (Å²) in [5.74, 6) is -0.0158. The molecule has 24 heavy (non-hydrogen) atoms. The van der Waals surface area contributed by atoms with Crippen molar-refractivity contribution < 1.29 is 19.1 Å². The number of ether oxygens (including phenoxy) is 2. The summed E-state index contributed by atoms with van der Waals surface area (Å²) in [5, 5.41) is 2.71. The van der Waals surface area contributed by atoms with Crippen LogP contribution >= 0.6 is 0 Å². The minimum atomic E-state index is -0.383. The van der Waals surface area contributed by atoms with Gasteiger partial charge in [-0.15, -0.1) is 0 Å². The molecule has 0 atom stereocenters. The Morgan fingerprint density at radius 1 is 1.00 bits per heavy atom. The molecule has 0 bridgehead atoms. The van der Waals surface area contributed by atoms with Crippen molar-refractivity contribution in [3.63, 3.8) is 0 Å². The Hall–Kier alpha value is -2.82. The first-order valence-corrected chi connectivity index (χ1v) is 7.77. The van der Waals surface area contributed by atoms with Gasteiger partial charge in [0.25, 0.3) is 5.91 Å². The van der Waals surface area contributed by atoms with Gasteiger partial charge in [-0.3, -0.25) is 9.59 Å². The van der Waals surface area contributed by atoms with Crippen molar-refractivity contribution in [3.05, 3.63) is 65.7 Å². The summed E-state index contributed by atoms with van der Waals surface area (Å²) < 4.78 is 10.2. The topological polar surface area (TPSA) is 64.6 Å². The number of esters is 1. The summed E-state index contributed by atoms with van der Waals surface area (Å²) >= 11 is 0. The van der Waals surface area contributed by atoms with Gasteiger partial charge in [-0.25, -0.2) is 0 Å². The predicted octanol–water partition coefficient (Wildman–Crippen LogP) is 2.49. The van der Waals surface area contributed by atoms with E-state index >= 15 is 0 Å². The van der Waals surface area contributed by atoms with Crippen LogP contribution in [0.2, 0.25) is 0 Å². The van der Waals surface area contributed by atoms with Crippen LogP contribution in [0.15, 0.2) is 54.6 Å². The zero-order chi connectivity index (χ0) is 17.2. The fourth-order valence-corrected chi connectivity index (χ4v) is 2.20. The van der Waals surface area contributed by atoms with Gasteiger partial charge >= 0.3 is 5.97 Å². The molecule has 0 radical (unpaired) electrons. The fraction of sp³-hybridized carbons (Fsp3) is 0.263. The predicted molar refractivity (Wildman–Crippen MR) is 90.6 cm³/mol. The summed E-state index contributed by atoms with van der Waals surface area (Å²) in [6.45, 7) is 0.0488. The Morgan fingerprint density at radius 2 is 1.71 bits per heavy atom. The van der Waals surface area contributed by atoms with E-state index in [4.69, 9.17) is 9.47 Å². The van der Waals surface area contributed by atoms with E-state index in [1.165, 1.54) is 0 Å². The van der Waals surface area contributed by atoms with Crippen LogP contribution in [0, 0.1) is 0 Å². The van der Waals surface area contributed by atoms with Gasteiger partial charge in [0.05, 0.1) is 7.11 Å². The average Bonchev–Trinajstić information content (AvgIpc) is 2.64. The maximum atomic E-state index is 11.8. The minimum Gasteiger partial charge on any atom is -0.496 e. The van der Waals surface area contributed by atoms with Crippen molar-refractivity contribution in [1.29, 1.82) is 0 Å². The lowest BCUT2D eigenvalue weighted by Crippen LogP contribution is -2.28. The molecule has 0 saturated carbocycles. The normalized spacial score (nSPS) is 10.0. The number of carbonyl (C=O) groups is 2. The SMILES string of the molecule is COc1ccccc1CNC(=O)COC(=O)CCc1ccccc1. The number of hydrogen-bond acceptors (Lipinski definition) is 4. The molecule has 5 heteroatoms. The lowest BCUT2D eigenvalue weighted by Gasteiger charge is -2.10. The van der Waals surface area contributed by atoms with E-state index < -0.39 is 0 Å². The Labute approximate surface area is 141 Å². The lowest BCUT2D eigenvalue weighted by atomic mass is 10.1. The smallest absolute Gasteiger partial charge is 0.306 e. The summed E-state index contributed by atoms with van der Waals surface area (Å²) in [6, 6.07) is 17.1. The van der Waals surface area contributed by atoms with Crippen LogP contribution in [0.4, 0.5) is 0 Å². The van der Waals surface area contributed by atoms with Gasteiger partial charge in [-0.2, -0.15) is 0 Å². The first-order valence-electron chi connectivity index (χ1n) is 7.77. The second kappa shape index (κ2) is 9.35. The fourth-order valence-electron chi connectivity index (χ4n) is 2.20. The van der Waals surface area contributed by atoms with Crippen molar-refractivity contribution >= 4 is 11.9 Å². The Morgan fingerprint density at radius 3 is 2.46 bits per heavy atom. The molecule has 0 fully saturated rings. The molecule has 0 aliphatic carbocycles. The second-order valence-electron chi connectivity index (χ2n) is 5.23. The third-order valence-corrected chi connectivity index (χ3v) is 3.49. The van der Waals surface area contributed by atoms with Gasteiger partial charge in [0.15, 0.2) is 6.61 Å². The van der Waals surface area contributed by atoms with E-state index in [1.54, 1.807) is 7.11 Å². The molecule has 0 saturated heterocycles. The van der Waals surface area contributed by atoms with Crippen LogP contribution < -0.4 is 10.1 Å². The first kappa shape index (κ1) is 17.5. The number of benzene rings is 2. The number of amides is 1. The molecular weight excluding hydrogens is 306 g/mol. The monoisotopic (exact) mass is 327 g/mol. The molecule has 2 rings (SSSR count). The van der Waals surface area contributed by atoms with Crippen molar-refractivity contribution in [1.82, 2.24) is 5.32 Å². The van der Waals surface area contributed by atoms with Crippen molar-refractivity contribution in [3.8, 4) is 5.75 Å². The largest absolute Gasteiger partial charge is 0.496 e. The van der Waals surface area contributed by atoms with Crippen LogP contribution in [-0.2, 0) is 27.3 Å². The highest BCUT2D eigenvalue weighted by molar-refractivity contribution is 5.80. The van der Waals surface area contributed by atoms with E-state index in [0.29, 0.717) is 18.7 Å². The van der Waals surface area contributed by atoms with Crippen molar-refractivity contribution in [2.75, 3.05) is 13.7 Å². The van der Waals surface area contributed by atoms with Gasteiger partial charge in [-0.1, -0.05) is 48.5 Å². The third-order valence-electron chi connectivity index (χ3n) is 3.49. The molecule has 0 heterocycles. The van der Waals surface area contributed by atoms with Crippen molar-refractivity contribution in [2.24, 2.45) is 0 Å². The number of carbonyl (C=O) groups excluding carboxylic acids is 2. The lowest BCUT2D eigenvalue weighted by molar-refractivity contribution is -0.148. The van der Waals surface area contributed by atoms with Crippen LogP contribution in [0.25, 0.3) is 0 Å². The molecule has 0 spiro atoms. The number of para-hydroxylation sites is 1. The Bertz CT molecular complexity index is 670. The highest BCUT2D eigenvalue weighted by Gasteiger charge is 2.09. The standard InChI is InChI=1S/C19H21NO4/c1-23-17-10-6-5-9-16(17)13-20-18(21)14-24-19(22)12-11-15-7-3-2-4-8-15/h2-10H,11-14H2,1H3,(H,20,21). The zero-order valence-corrected chi connectivity index (χ0v) is 13.7. The Kier molecular flexibility index (Phi) is 6.83. The van der Waals surface area contributed by atoms with Crippen LogP contribution in [-0.4, -0.2) is 25.6 Å². The molecule has 0 aliphatic heterocycles. The molecule has 2 aromatic carbocycles. The number of methoxy groups -OCH3 is 1. The van der Waals surface area contributed by atoms with Gasteiger partial charge in [0, 0.05) is 18.5 Å². The van der Waals surface area contributed by atoms with Crippen LogP contribution in [0.5, 0.6) is 5.75 Å².